The number of carbonyl (C=O) groups is 3. The second-order valence-electron chi connectivity index (χ2n) is 10.1. The summed E-state index contributed by atoms with van der Waals surface area (Å²) in [6, 6.07) is -1.39. The highest BCUT2D eigenvalue weighted by molar-refractivity contribution is 5.96. The first-order valence-corrected chi connectivity index (χ1v) is 12.8. The molecule has 0 aliphatic carbocycles. The minimum Gasteiger partial charge on any atom is -0.457 e. The van der Waals surface area contributed by atoms with Crippen molar-refractivity contribution in [1.82, 2.24) is 0 Å². The molecular formula is C27H39NO10. The highest BCUT2D eigenvalue weighted by Crippen LogP contribution is 2.30. The Bertz CT molecular complexity index is 956. The van der Waals surface area contributed by atoms with E-state index in [4.69, 9.17) is 18.9 Å². The second kappa shape index (κ2) is 14.4. The van der Waals surface area contributed by atoms with Gasteiger partial charge in [-0.05, 0) is 50.8 Å². The Kier molecular flexibility index (Phi) is 12.0. The molecule has 2 aliphatic heterocycles. The van der Waals surface area contributed by atoms with Crippen molar-refractivity contribution in [2.45, 2.75) is 97.2 Å². The average molecular weight is 538 g/mol. The van der Waals surface area contributed by atoms with Crippen molar-refractivity contribution in [2.75, 3.05) is 6.61 Å². The quantitative estimate of drug-likeness (QED) is 0.268. The van der Waals surface area contributed by atoms with Gasteiger partial charge in [0.05, 0.1) is 12.5 Å². The van der Waals surface area contributed by atoms with Crippen LogP contribution in [0.15, 0.2) is 40.6 Å². The number of rotatable bonds is 8. The lowest BCUT2D eigenvalue weighted by atomic mass is 9.97. The number of ether oxygens (including phenoxy) is 4. The highest BCUT2D eigenvalue weighted by Gasteiger charge is 2.48. The summed E-state index contributed by atoms with van der Waals surface area (Å²) in [6.45, 7) is 9.92. The van der Waals surface area contributed by atoms with E-state index >= 15 is 0 Å². The molecule has 0 amide bonds. The van der Waals surface area contributed by atoms with Crippen LogP contribution in [0.25, 0.3) is 0 Å². The number of cyclic esters (lactones) is 1. The molecule has 0 spiro atoms. The number of carbonyl (C=O) groups excluding carboxylic acids is 3. The van der Waals surface area contributed by atoms with Crippen LogP contribution in [0.5, 0.6) is 0 Å². The van der Waals surface area contributed by atoms with Crippen LogP contribution in [-0.2, 0) is 33.3 Å². The molecule has 11 heteroatoms. The van der Waals surface area contributed by atoms with Gasteiger partial charge in [0.2, 0.25) is 0 Å². The molecule has 0 aromatic heterocycles. The van der Waals surface area contributed by atoms with Crippen molar-refractivity contribution in [3.05, 3.63) is 40.4 Å². The lowest BCUT2D eigenvalue weighted by Crippen LogP contribution is -2.44. The summed E-state index contributed by atoms with van der Waals surface area (Å²) in [5.41, 5.74) is 1.24. The first-order chi connectivity index (χ1) is 17.9. The molecule has 8 atom stereocenters. The van der Waals surface area contributed by atoms with Gasteiger partial charge in [0.1, 0.15) is 24.4 Å². The van der Waals surface area contributed by atoms with E-state index in [9.17, 15) is 29.5 Å². The van der Waals surface area contributed by atoms with E-state index < -0.39 is 73.1 Å². The molecule has 0 aromatic carbocycles. The fourth-order valence-corrected chi connectivity index (χ4v) is 4.03. The molecule has 0 bridgehead atoms. The largest absolute Gasteiger partial charge is 0.457 e. The molecule has 1 fully saturated rings. The van der Waals surface area contributed by atoms with Crippen molar-refractivity contribution in [3.8, 4) is 0 Å². The van der Waals surface area contributed by atoms with Crippen LogP contribution in [0.1, 0.15) is 54.4 Å². The van der Waals surface area contributed by atoms with Crippen LogP contribution in [0.3, 0.4) is 0 Å². The zero-order chi connectivity index (χ0) is 28.6. The normalized spacial score (nSPS) is 35.5. The summed E-state index contributed by atoms with van der Waals surface area (Å²) in [5.74, 6) is -2.62. The Balaban J connectivity index is 2.56. The molecule has 212 valence electrons. The van der Waals surface area contributed by atoms with Gasteiger partial charge in [-0.15, -0.1) is 0 Å². The summed E-state index contributed by atoms with van der Waals surface area (Å²) in [7, 11) is 0. The van der Waals surface area contributed by atoms with Gasteiger partial charge < -0.3 is 29.2 Å². The predicted molar refractivity (Wildman–Crippen MR) is 137 cm³/mol. The Labute approximate surface area is 222 Å². The Hall–Kier alpha value is -2.73. The van der Waals surface area contributed by atoms with E-state index in [2.05, 4.69) is 5.18 Å². The van der Waals surface area contributed by atoms with Gasteiger partial charge in [-0.25, -0.2) is 0 Å². The number of esters is 2. The topological polar surface area (TPSA) is 158 Å². The van der Waals surface area contributed by atoms with Crippen LogP contribution in [0, 0.1) is 16.7 Å². The van der Waals surface area contributed by atoms with Gasteiger partial charge in [0.25, 0.3) is 0 Å². The monoisotopic (exact) mass is 537 g/mol. The number of hydrogen-bond acceptors (Lipinski definition) is 11. The fourth-order valence-electron chi connectivity index (χ4n) is 4.03. The summed E-state index contributed by atoms with van der Waals surface area (Å²) in [4.78, 5) is 50.1. The molecule has 2 N–H and O–H groups in total. The number of aliphatic hydroxyl groups is 2. The fraction of sp³-hybridized carbons (Fsp3) is 0.667. The van der Waals surface area contributed by atoms with Crippen molar-refractivity contribution in [1.29, 1.82) is 0 Å². The lowest BCUT2D eigenvalue weighted by Gasteiger charge is -2.30. The molecule has 2 heterocycles. The van der Waals surface area contributed by atoms with Gasteiger partial charge >= 0.3 is 11.9 Å². The van der Waals surface area contributed by atoms with Gasteiger partial charge in [-0.1, -0.05) is 37.3 Å². The van der Waals surface area contributed by atoms with Gasteiger partial charge in [0, 0.05) is 12.8 Å². The van der Waals surface area contributed by atoms with E-state index in [0.29, 0.717) is 5.57 Å². The lowest BCUT2D eigenvalue weighted by molar-refractivity contribution is -0.194. The zero-order valence-electron chi connectivity index (χ0n) is 22.7. The Morgan fingerprint density at radius 3 is 2.55 bits per heavy atom. The number of aliphatic hydroxyl groups excluding tert-OH is 2. The number of allylic oxidation sites excluding steroid dienone is 1. The standard InChI is InChI=1S/C27H39NO10/c1-7-15(4)19-11-9-16(5)24(38-27-22(28-34)23(32)20(13-29)36-27)25(37-21(31)12-14(2)3)18(30)10-8-17(6)26(33)35-19/h7-10,14,17,19-20,22-25,27,29,32H,11-13H2,1-6H3/b10-8+,15-7-,16-9+. The first-order valence-electron chi connectivity index (χ1n) is 12.8. The van der Waals surface area contributed by atoms with Crippen LogP contribution in [0.2, 0.25) is 0 Å². The molecule has 0 radical (unpaired) electrons. The Morgan fingerprint density at radius 1 is 1.29 bits per heavy atom. The molecule has 11 nitrogen and oxygen atoms in total. The maximum absolute atomic E-state index is 13.3. The van der Waals surface area contributed by atoms with E-state index in [-0.39, 0.29) is 18.8 Å². The minimum atomic E-state index is -1.49. The van der Waals surface area contributed by atoms with Crippen LogP contribution in [-0.4, -0.2) is 77.4 Å². The first kappa shape index (κ1) is 31.5. The second-order valence-corrected chi connectivity index (χ2v) is 10.1. The smallest absolute Gasteiger partial charge is 0.313 e. The molecule has 8 unspecified atom stereocenters. The molecule has 1 saturated heterocycles. The van der Waals surface area contributed by atoms with Gasteiger partial charge in [-0.3, -0.25) is 14.4 Å². The van der Waals surface area contributed by atoms with Gasteiger partial charge in [0.15, 0.2) is 24.2 Å². The molecule has 2 rings (SSSR count). The van der Waals surface area contributed by atoms with E-state index in [1.807, 2.05) is 33.8 Å². The van der Waals surface area contributed by atoms with Crippen molar-refractivity contribution >= 4 is 17.7 Å². The summed E-state index contributed by atoms with van der Waals surface area (Å²) in [5, 5.41) is 22.7. The average Bonchev–Trinajstić information content (AvgIpc) is 3.18. The summed E-state index contributed by atoms with van der Waals surface area (Å²) >= 11 is 0. The Morgan fingerprint density at radius 2 is 1.97 bits per heavy atom. The van der Waals surface area contributed by atoms with Gasteiger partial charge in [-0.2, -0.15) is 4.91 Å². The van der Waals surface area contributed by atoms with Crippen molar-refractivity contribution < 1.29 is 43.5 Å². The summed E-state index contributed by atoms with van der Waals surface area (Å²) < 4.78 is 22.8. The number of hydrogen-bond donors (Lipinski definition) is 2. The van der Waals surface area contributed by atoms with E-state index in [1.165, 1.54) is 6.08 Å². The third-order valence-corrected chi connectivity index (χ3v) is 6.53. The predicted octanol–water partition coefficient (Wildman–Crippen LogP) is 2.53. The zero-order valence-corrected chi connectivity index (χ0v) is 22.7. The maximum atomic E-state index is 13.3. The van der Waals surface area contributed by atoms with E-state index in [1.54, 1.807) is 19.9 Å². The number of ketones is 1. The number of nitroso groups, excluding NO2 is 1. The van der Waals surface area contributed by atoms with Crippen LogP contribution in [0.4, 0.5) is 0 Å². The maximum Gasteiger partial charge on any atom is 0.313 e. The SMILES string of the molecule is C/C=C(/C)C1C/C=C(\C)C(OC2OC(CO)C(O)C2N=O)C(OC(=O)CC(C)C)C(=O)/C=C/C(C)C(=O)O1. The summed E-state index contributed by atoms with van der Waals surface area (Å²) in [6.07, 6.45) is -1.01. The minimum absolute atomic E-state index is 0.0397. The molecule has 2 aliphatic rings. The third kappa shape index (κ3) is 8.13. The van der Waals surface area contributed by atoms with Crippen molar-refractivity contribution in [2.24, 2.45) is 17.0 Å². The molecule has 38 heavy (non-hydrogen) atoms. The third-order valence-electron chi connectivity index (χ3n) is 6.53. The number of nitrogens with zero attached hydrogens (tertiary/aromatic N) is 1. The molecule has 0 aromatic rings. The molecular weight excluding hydrogens is 498 g/mol. The van der Waals surface area contributed by atoms with Crippen LogP contribution >= 0.6 is 0 Å². The molecule has 0 saturated carbocycles. The van der Waals surface area contributed by atoms with Crippen molar-refractivity contribution in [3.63, 3.8) is 0 Å². The highest BCUT2D eigenvalue weighted by atomic mass is 16.7. The van der Waals surface area contributed by atoms with Crippen LogP contribution < -0.4 is 0 Å². The van der Waals surface area contributed by atoms with E-state index in [0.717, 1.165) is 11.6 Å².